The van der Waals surface area contributed by atoms with Gasteiger partial charge in [0.25, 0.3) is 0 Å². The van der Waals surface area contributed by atoms with Gasteiger partial charge in [-0.3, -0.25) is 4.98 Å². The number of hydrogen-bond donors (Lipinski definition) is 0. The van der Waals surface area contributed by atoms with E-state index in [2.05, 4.69) is 29.1 Å². The predicted octanol–water partition coefficient (Wildman–Crippen LogP) is 4.56. The summed E-state index contributed by atoms with van der Waals surface area (Å²) in [6.07, 6.45) is 2.78. The predicted molar refractivity (Wildman–Crippen MR) is 108 cm³/mol. The van der Waals surface area contributed by atoms with Gasteiger partial charge in [-0.15, -0.1) is 0 Å². The van der Waals surface area contributed by atoms with Crippen molar-refractivity contribution in [3.8, 4) is 11.5 Å². The van der Waals surface area contributed by atoms with E-state index in [0.717, 1.165) is 43.3 Å². The molecular weight excluding hydrogens is 336 g/mol. The Hall–Kier alpha value is -2.85. The van der Waals surface area contributed by atoms with E-state index in [-0.39, 0.29) is 0 Å². The summed E-state index contributed by atoms with van der Waals surface area (Å²) in [5, 5.41) is 0. The Morgan fingerprint density at radius 1 is 0.815 bits per heavy atom. The van der Waals surface area contributed by atoms with E-state index in [1.807, 2.05) is 60.7 Å². The smallest absolute Gasteiger partial charge is 0.130 e. The summed E-state index contributed by atoms with van der Waals surface area (Å²) in [6.45, 7) is 3.12. The number of hydrogen-bond acceptors (Lipinski definition) is 4. The molecule has 140 valence electrons. The van der Waals surface area contributed by atoms with Gasteiger partial charge in [-0.05, 0) is 55.4 Å². The lowest BCUT2D eigenvalue weighted by Gasteiger charge is -2.17. The fraction of sp³-hybridized carbons (Fsp3) is 0.261. The van der Waals surface area contributed by atoms with Gasteiger partial charge < -0.3 is 14.4 Å². The summed E-state index contributed by atoms with van der Waals surface area (Å²) in [5.74, 6) is 1.80. The molecule has 0 unspecified atom stereocenters. The van der Waals surface area contributed by atoms with E-state index in [1.165, 1.54) is 5.56 Å². The first-order chi connectivity index (χ1) is 13.3. The molecule has 0 radical (unpaired) electrons. The maximum absolute atomic E-state index is 5.78. The molecule has 0 aliphatic heterocycles. The van der Waals surface area contributed by atoms with Gasteiger partial charge in [-0.1, -0.05) is 36.4 Å². The van der Waals surface area contributed by atoms with Crippen LogP contribution in [-0.4, -0.2) is 30.1 Å². The molecule has 0 fully saturated rings. The SMILES string of the molecule is CN(CCCOc1ccccc1)Cc1ccc(OCc2ccccn2)cc1. The molecule has 1 heterocycles. The minimum absolute atomic E-state index is 0.488. The number of nitrogens with zero attached hydrogens (tertiary/aromatic N) is 2. The van der Waals surface area contributed by atoms with Gasteiger partial charge in [0.1, 0.15) is 18.1 Å². The Balaban J connectivity index is 1.36. The van der Waals surface area contributed by atoms with Crippen molar-refractivity contribution in [3.05, 3.63) is 90.3 Å². The Morgan fingerprint density at radius 2 is 1.56 bits per heavy atom. The highest BCUT2D eigenvalue weighted by Gasteiger charge is 2.02. The zero-order valence-corrected chi connectivity index (χ0v) is 15.8. The minimum atomic E-state index is 0.488. The van der Waals surface area contributed by atoms with Crippen LogP contribution in [0.2, 0.25) is 0 Å². The van der Waals surface area contributed by atoms with Crippen molar-refractivity contribution >= 4 is 0 Å². The van der Waals surface area contributed by atoms with Gasteiger partial charge in [0.05, 0.1) is 12.3 Å². The van der Waals surface area contributed by atoms with Crippen LogP contribution >= 0.6 is 0 Å². The van der Waals surface area contributed by atoms with Gasteiger partial charge in [-0.2, -0.15) is 0 Å². The fourth-order valence-electron chi connectivity index (χ4n) is 2.76. The topological polar surface area (TPSA) is 34.6 Å². The van der Waals surface area contributed by atoms with Crippen LogP contribution in [0.15, 0.2) is 79.0 Å². The first kappa shape index (κ1) is 18.9. The molecule has 2 aromatic carbocycles. The number of aromatic nitrogens is 1. The van der Waals surface area contributed by atoms with Crippen LogP contribution in [0.3, 0.4) is 0 Å². The Bertz CT molecular complexity index is 776. The molecule has 3 aromatic rings. The third kappa shape index (κ3) is 6.76. The molecule has 0 aliphatic carbocycles. The number of para-hydroxylation sites is 1. The van der Waals surface area contributed by atoms with Crippen LogP contribution in [0.4, 0.5) is 0 Å². The van der Waals surface area contributed by atoms with Crippen LogP contribution in [-0.2, 0) is 13.2 Å². The molecule has 0 atom stereocenters. The summed E-state index contributed by atoms with van der Waals surface area (Å²) < 4.78 is 11.5. The Kier molecular flexibility index (Phi) is 7.25. The van der Waals surface area contributed by atoms with E-state index in [0.29, 0.717) is 6.61 Å². The van der Waals surface area contributed by atoms with Gasteiger partial charge in [0.15, 0.2) is 0 Å². The molecule has 0 aliphatic rings. The molecule has 0 amide bonds. The van der Waals surface area contributed by atoms with Gasteiger partial charge in [-0.25, -0.2) is 0 Å². The summed E-state index contributed by atoms with van der Waals surface area (Å²) in [5.41, 5.74) is 2.20. The van der Waals surface area contributed by atoms with E-state index in [4.69, 9.17) is 9.47 Å². The molecule has 3 rings (SSSR count). The molecule has 0 bridgehead atoms. The Labute approximate surface area is 161 Å². The molecule has 4 heteroatoms. The monoisotopic (exact) mass is 362 g/mol. The van der Waals surface area contributed by atoms with Crippen LogP contribution in [0, 0.1) is 0 Å². The van der Waals surface area contributed by atoms with Gasteiger partial charge >= 0.3 is 0 Å². The molecule has 4 nitrogen and oxygen atoms in total. The number of ether oxygens (including phenoxy) is 2. The highest BCUT2D eigenvalue weighted by molar-refractivity contribution is 5.27. The lowest BCUT2D eigenvalue weighted by Crippen LogP contribution is -2.20. The second-order valence-electron chi connectivity index (χ2n) is 6.51. The van der Waals surface area contributed by atoms with Crippen molar-refractivity contribution < 1.29 is 9.47 Å². The summed E-state index contributed by atoms with van der Waals surface area (Å²) in [4.78, 5) is 6.57. The summed E-state index contributed by atoms with van der Waals surface area (Å²) >= 11 is 0. The van der Waals surface area contributed by atoms with Crippen molar-refractivity contribution in [3.63, 3.8) is 0 Å². The molecule has 0 saturated heterocycles. The third-order valence-corrected chi connectivity index (χ3v) is 4.18. The van der Waals surface area contributed by atoms with Crippen molar-refractivity contribution in [2.75, 3.05) is 20.2 Å². The fourth-order valence-corrected chi connectivity index (χ4v) is 2.76. The van der Waals surface area contributed by atoms with Crippen LogP contribution in [0.25, 0.3) is 0 Å². The molecule has 0 spiro atoms. The summed E-state index contributed by atoms with van der Waals surface area (Å²) in [6, 6.07) is 24.1. The quantitative estimate of drug-likeness (QED) is 0.495. The molecular formula is C23H26N2O2. The van der Waals surface area contributed by atoms with Crippen molar-refractivity contribution in [2.24, 2.45) is 0 Å². The largest absolute Gasteiger partial charge is 0.494 e. The lowest BCUT2D eigenvalue weighted by molar-refractivity contribution is 0.258. The van der Waals surface area contributed by atoms with Crippen LogP contribution < -0.4 is 9.47 Å². The van der Waals surface area contributed by atoms with E-state index >= 15 is 0 Å². The van der Waals surface area contributed by atoms with Crippen molar-refractivity contribution in [1.29, 1.82) is 0 Å². The van der Waals surface area contributed by atoms with Gasteiger partial charge in [0, 0.05) is 19.3 Å². The molecule has 0 saturated carbocycles. The molecule has 27 heavy (non-hydrogen) atoms. The minimum Gasteiger partial charge on any atom is -0.494 e. The lowest BCUT2D eigenvalue weighted by atomic mass is 10.2. The maximum Gasteiger partial charge on any atom is 0.130 e. The number of pyridine rings is 1. The van der Waals surface area contributed by atoms with E-state index < -0.39 is 0 Å². The normalized spacial score (nSPS) is 10.7. The van der Waals surface area contributed by atoms with E-state index in [9.17, 15) is 0 Å². The Morgan fingerprint density at radius 3 is 2.30 bits per heavy atom. The maximum atomic E-state index is 5.78. The standard InChI is InChI=1S/C23H26N2O2/c1-25(16-7-17-26-22-9-3-2-4-10-22)18-20-11-13-23(14-12-20)27-19-21-8-5-6-15-24-21/h2-6,8-15H,7,16-19H2,1H3. The highest BCUT2D eigenvalue weighted by atomic mass is 16.5. The third-order valence-electron chi connectivity index (χ3n) is 4.18. The number of benzene rings is 2. The molecule has 1 aromatic heterocycles. The first-order valence-corrected chi connectivity index (χ1v) is 9.27. The van der Waals surface area contributed by atoms with Crippen LogP contribution in [0.5, 0.6) is 11.5 Å². The second kappa shape index (κ2) is 10.3. The van der Waals surface area contributed by atoms with E-state index in [1.54, 1.807) is 6.20 Å². The molecule has 0 N–H and O–H groups in total. The number of rotatable bonds is 10. The first-order valence-electron chi connectivity index (χ1n) is 9.27. The zero-order chi connectivity index (χ0) is 18.7. The second-order valence-corrected chi connectivity index (χ2v) is 6.51. The van der Waals surface area contributed by atoms with Crippen LogP contribution in [0.1, 0.15) is 17.7 Å². The van der Waals surface area contributed by atoms with Gasteiger partial charge in [0.2, 0.25) is 0 Å². The highest BCUT2D eigenvalue weighted by Crippen LogP contribution is 2.15. The zero-order valence-electron chi connectivity index (χ0n) is 15.8. The summed E-state index contributed by atoms with van der Waals surface area (Å²) in [7, 11) is 2.13. The van der Waals surface area contributed by atoms with Crippen molar-refractivity contribution in [1.82, 2.24) is 9.88 Å². The van der Waals surface area contributed by atoms with Crippen molar-refractivity contribution in [2.45, 2.75) is 19.6 Å². The average Bonchev–Trinajstić information content (AvgIpc) is 2.72. The average molecular weight is 362 g/mol.